The van der Waals surface area contributed by atoms with Gasteiger partial charge in [0.15, 0.2) is 0 Å². The second kappa shape index (κ2) is 5.27. The smallest absolute Gasteiger partial charge is 0.263 e. The Kier molecular flexibility index (Phi) is 3.94. The molecular formula is C12H14ClNO2S. The third-order valence-corrected chi connectivity index (χ3v) is 4.79. The van der Waals surface area contributed by atoms with Gasteiger partial charge >= 0.3 is 0 Å². The molecular weight excluding hydrogens is 258 g/mol. The Labute approximate surface area is 110 Å². The van der Waals surface area contributed by atoms with Crippen LogP contribution in [0, 0.1) is 10.1 Å². The minimum absolute atomic E-state index is 0.106. The Hall–Kier alpha value is -0.740. The van der Waals surface area contributed by atoms with E-state index in [1.54, 1.807) is 12.1 Å². The summed E-state index contributed by atoms with van der Waals surface area (Å²) in [7, 11) is 0. The summed E-state index contributed by atoms with van der Waals surface area (Å²) in [6.07, 6.45) is 4.32. The average molecular weight is 272 g/mol. The minimum Gasteiger partial charge on any atom is -0.263 e. The van der Waals surface area contributed by atoms with E-state index in [1.807, 2.05) is 12.1 Å². The lowest BCUT2D eigenvalue weighted by Gasteiger charge is -2.28. The number of halogens is 1. The zero-order valence-corrected chi connectivity index (χ0v) is 11.0. The molecule has 0 spiro atoms. The van der Waals surface area contributed by atoms with E-state index >= 15 is 0 Å². The van der Waals surface area contributed by atoms with Gasteiger partial charge in [0.2, 0.25) is 0 Å². The molecule has 1 aromatic rings. The van der Waals surface area contributed by atoms with Gasteiger partial charge in [-0.15, -0.1) is 0 Å². The summed E-state index contributed by atoms with van der Waals surface area (Å²) in [5.41, 5.74) is 0. The van der Waals surface area contributed by atoms with Crippen LogP contribution in [0.1, 0.15) is 32.1 Å². The highest BCUT2D eigenvalue weighted by atomic mass is 35.5. The topological polar surface area (TPSA) is 43.1 Å². The number of thioether (sulfide) groups is 1. The normalized spacial score (nSPS) is 18.9. The third-order valence-electron chi connectivity index (χ3n) is 3.09. The summed E-state index contributed by atoms with van der Waals surface area (Å²) in [5, 5.41) is 12.0. The highest BCUT2D eigenvalue weighted by Crippen LogP contribution is 2.44. The Bertz CT molecular complexity index is 401. The first-order valence-electron chi connectivity index (χ1n) is 5.71. The first kappa shape index (κ1) is 12.7. The Morgan fingerprint density at radius 2 is 1.76 bits per heavy atom. The third kappa shape index (κ3) is 2.93. The van der Waals surface area contributed by atoms with Crippen molar-refractivity contribution in [2.75, 3.05) is 0 Å². The fourth-order valence-corrected chi connectivity index (χ4v) is 3.55. The minimum atomic E-state index is -0.827. The summed E-state index contributed by atoms with van der Waals surface area (Å²) >= 11 is 7.18. The lowest BCUT2D eigenvalue weighted by Crippen LogP contribution is -2.36. The number of benzene rings is 1. The van der Waals surface area contributed by atoms with Crippen LogP contribution in [0.5, 0.6) is 0 Å². The quantitative estimate of drug-likeness (QED) is 0.466. The largest absolute Gasteiger partial charge is 0.271 e. The van der Waals surface area contributed by atoms with Gasteiger partial charge in [-0.1, -0.05) is 18.0 Å². The molecule has 17 heavy (non-hydrogen) atoms. The van der Waals surface area contributed by atoms with Gasteiger partial charge in [0, 0.05) is 27.7 Å². The number of nitrogens with zero attached hydrogens (tertiary/aromatic N) is 1. The van der Waals surface area contributed by atoms with Gasteiger partial charge in [0.05, 0.1) is 0 Å². The van der Waals surface area contributed by atoms with Gasteiger partial charge in [-0.05, 0) is 48.9 Å². The molecule has 0 N–H and O–H groups in total. The van der Waals surface area contributed by atoms with Crippen molar-refractivity contribution in [1.82, 2.24) is 0 Å². The molecule has 1 aliphatic carbocycles. The SMILES string of the molecule is O=[N+]([O-])C1(Sc2ccc(Cl)cc2)CCCCC1. The number of rotatable bonds is 3. The Morgan fingerprint density at radius 1 is 1.18 bits per heavy atom. The Morgan fingerprint density at radius 3 is 2.29 bits per heavy atom. The summed E-state index contributed by atoms with van der Waals surface area (Å²) in [6.45, 7) is 0. The van der Waals surface area contributed by atoms with Crippen LogP contribution in [0.4, 0.5) is 0 Å². The van der Waals surface area contributed by atoms with E-state index in [0.29, 0.717) is 17.9 Å². The van der Waals surface area contributed by atoms with Gasteiger partial charge in [-0.2, -0.15) is 0 Å². The molecule has 3 nitrogen and oxygen atoms in total. The van der Waals surface area contributed by atoms with Gasteiger partial charge in [-0.25, -0.2) is 0 Å². The summed E-state index contributed by atoms with van der Waals surface area (Å²) < 4.78 is 0. The van der Waals surface area contributed by atoms with Crippen molar-refractivity contribution in [1.29, 1.82) is 0 Å². The molecule has 0 radical (unpaired) electrons. The number of hydrogen-bond donors (Lipinski definition) is 0. The molecule has 0 bridgehead atoms. The molecule has 0 unspecified atom stereocenters. The monoisotopic (exact) mass is 271 g/mol. The Balaban J connectivity index is 2.17. The van der Waals surface area contributed by atoms with Gasteiger partial charge in [0.1, 0.15) is 0 Å². The first-order chi connectivity index (χ1) is 8.12. The molecule has 0 amide bonds. The van der Waals surface area contributed by atoms with Crippen molar-refractivity contribution in [2.45, 2.75) is 41.9 Å². The average Bonchev–Trinajstić information content (AvgIpc) is 2.33. The molecule has 92 valence electrons. The van der Waals surface area contributed by atoms with Crippen molar-refractivity contribution in [2.24, 2.45) is 0 Å². The maximum atomic E-state index is 11.3. The van der Waals surface area contributed by atoms with Crippen LogP contribution in [0.25, 0.3) is 0 Å². The highest BCUT2D eigenvalue weighted by Gasteiger charge is 2.44. The number of hydrogen-bond acceptors (Lipinski definition) is 3. The van der Waals surface area contributed by atoms with Crippen molar-refractivity contribution < 1.29 is 4.92 Å². The fraction of sp³-hybridized carbons (Fsp3) is 0.500. The molecule has 1 fully saturated rings. The number of nitro groups is 1. The van der Waals surface area contributed by atoms with Crippen LogP contribution < -0.4 is 0 Å². The van der Waals surface area contributed by atoms with Crippen molar-refractivity contribution in [3.63, 3.8) is 0 Å². The fourth-order valence-electron chi connectivity index (χ4n) is 2.15. The maximum absolute atomic E-state index is 11.3. The molecule has 5 heteroatoms. The van der Waals surface area contributed by atoms with Gasteiger partial charge < -0.3 is 0 Å². The summed E-state index contributed by atoms with van der Waals surface area (Å²) in [5.74, 6) is 0. The molecule has 1 aromatic carbocycles. The molecule has 1 aliphatic rings. The second-order valence-corrected chi connectivity index (χ2v) is 6.19. The molecule has 0 heterocycles. The second-order valence-electron chi connectivity index (χ2n) is 4.32. The van der Waals surface area contributed by atoms with Crippen LogP contribution in [0.3, 0.4) is 0 Å². The van der Waals surface area contributed by atoms with E-state index in [-0.39, 0.29) is 4.92 Å². The molecule has 1 saturated carbocycles. The molecule has 0 atom stereocenters. The van der Waals surface area contributed by atoms with E-state index in [1.165, 1.54) is 11.8 Å². The summed E-state index contributed by atoms with van der Waals surface area (Å²) in [4.78, 5) is 11.3. The first-order valence-corrected chi connectivity index (χ1v) is 6.91. The van der Waals surface area contributed by atoms with Crippen LogP contribution in [0.15, 0.2) is 29.2 Å². The van der Waals surface area contributed by atoms with Crippen molar-refractivity contribution in [3.05, 3.63) is 39.4 Å². The molecule has 0 aliphatic heterocycles. The van der Waals surface area contributed by atoms with Gasteiger partial charge in [0.25, 0.3) is 4.87 Å². The predicted molar refractivity (Wildman–Crippen MR) is 70.1 cm³/mol. The lowest BCUT2D eigenvalue weighted by molar-refractivity contribution is -0.542. The van der Waals surface area contributed by atoms with E-state index in [2.05, 4.69) is 0 Å². The predicted octanol–water partition coefficient (Wildman–Crippen LogP) is 4.37. The maximum Gasteiger partial charge on any atom is 0.271 e. The van der Waals surface area contributed by atoms with Crippen LogP contribution in [-0.2, 0) is 0 Å². The van der Waals surface area contributed by atoms with E-state index in [0.717, 1.165) is 24.2 Å². The zero-order chi connectivity index (χ0) is 12.3. The van der Waals surface area contributed by atoms with E-state index in [9.17, 15) is 10.1 Å². The highest BCUT2D eigenvalue weighted by molar-refractivity contribution is 8.00. The molecule has 2 rings (SSSR count). The van der Waals surface area contributed by atoms with Crippen LogP contribution in [-0.4, -0.2) is 9.79 Å². The van der Waals surface area contributed by atoms with Crippen molar-refractivity contribution >= 4 is 23.4 Å². The van der Waals surface area contributed by atoms with Crippen molar-refractivity contribution in [3.8, 4) is 0 Å². The van der Waals surface area contributed by atoms with Crippen LogP contribution in [0.2, 0.25) is 5.02 Å². The van der Waals surface area contributed by atoms with Gasteiger partial charge in [-0.3, -0.25) is 10.1 Å². The lowest BCUT2D eigenvalue weighted by atomic mass is 9.95. The van der Waals surface area contributed by atoms with E-state index in [4.69, 9.17) is 11.6 Å². The molecule has 0 aromatic heterocycles. The van der Waals surface area contributed by atoms with Crippen LogP contribution >= 0.6 is 23.4 Å². The summed E-state index contributed by atoms with van der Waals surface area (Å²) in [6, 6.07) is 7.26. The zero-order valence-electron chi connectivity index (χ0n) is 9.39. The standard InChI is InChI=1S/C12H14ClNO2S/c13-10-4-6-11(7-5-10)17-12(14(15)16)8-2-1-3-9-12/h4-7H,1-3,8-9H2. The molecule has 0 saturated heterocycles. The van der Waals surface area contributed by atoms with E-state index < -0.39 is 4.87 Å².